The van der Waals surface area contributed by atoms with Gasteiger partial charge in [-0.3, -0.25) is 14.9 Å². The lowest BCUT2D eigenvalue weighted by atomic mass is 10.2. The summed E-state index contributed by atoms with van der Waals surface area (Å²) in [6, 6.07) is -1.36. The molecule has 0 aliphatic carbocycles. The number of hydrogen-bond acceptors (Lipinski definition) is 4. The fourth-order valence-corrected chi connectivity index (χ4v) is 0.913. The molecule has 0 aromatic rings. The third-order valence-corrected chi connectivity index (χ3v) is 1.50. The summed E-state index contributed by atoms with van der Waals surface area (Å²) in [6.45, 7) is 1.53. The molecule has 17 heavy (non-hydrogen) atoms. The molecule has 0 aliphatic heterocycles. The van der Waals surface area contributed by atoms with Gasteiger partial charge in [-0.15, -0.1) is 0 Å². The molecule has 0 aliphatic rings. The molecule has 5 N–H and O–H groups in total. The van der Waals surface area contributed by atoms with E-state index in [1.165, 1.54) is 6.92 Å². The maximum Gasteiger partial charge on any atom is 0.328 e. The molecule has 8 heteroatoms. The van der Waals surface area contributed by atoms with Gasteiger partial charge in [0.2, 0.25) is 5.91 Å². The molecule has 0 saturated heterocycles. The van der Waals surface area contributed by atoms with Crippen LogP contribution in [0, 0.1) is 0 Å². The van der Waals surface area contributed by atoms with Crippen molar-refractivity contribution in [2.75, 3.05) is 0 Å². The van der Waals surface area contributed by atoms with Gasteiger partial charge in [-0.25, -0.2) is 9.59 Å². The van der Waals surface area contributed by atoms with E-state index in [1.54, 1.807) is 0 Å². The molecule has 0 aromatic heterocycles. The maximum atomic E-state index is 11.1. The minimum atomic E-state index is -1.30. The number of aliphatic carboxylic acids is 1. The largest absolute Gasteiger partial charge is 0.478 e. The van der Waals surface area contributed by atoms with E-state index in [0.717, 1.165) is 0 Å². The van der Waals surface area contributed by atoms with Gasteiger partial charge >= 0.3 is 12.0 Å². The Morgan fingerprint density at radius 1 is 1.29 bits per heavy atom. The van der Waals surface area contributed by atoms with E-state index in [2.05, 4.69) is 5.32 Å². The first-order valence-electron chi connectivity index (χ1n) is 4.62. The zero-order chi connectivity index (χ0) is 13.4. The van der Waals surface area contributed by atoms with Crippen molar-refractivity contribution in [1.29, 1.82) is 0 Å². The van der Waals surface area contributed by atoms with Crippen LogP contribution in [0.15, 0.2) is 12.2 Å². The van der Waals surface area contributed by atoms with E-state index in [9.17, 15) is 19.2 Å². The highest BCUT2D eigenvalue weighted by atomic mass is 16.4. The van der Waals surface area contributed by atoms with E-state index < -0.39 is 29.9 Å². The Morgan fingerprint density at radius 2 is 1.88 bits per heavy atom. The van der Waals surface area contributed by atoms with Crippen LogP contribution in [0.4, 0.5) is 4.79 Å². The van der Waals surface area contributed by atoms with Gasteiger partial charge in [0.05, 0.1) is 0 Å². The Hall–Kier alpha value is -2.38. The monoisotopic (exact) mass is 243 g/mol. The number of urea groups is 1. The molecule has 0 aromatic carbocycles. The number of carbonyl (C=O) groups excluding carboxylic acids is 3. The molecule has 0 rings (SSSR count). The Balaban J connectivity index is 4.05. The molecule has 4 amide bonds. The minimum Gasteiger partial charge on any atom is -0.478 e. The molecular weight excluding hydrogens is 230 g/mol. The lowest BCUT2D eigenvalue weighted by Crippen LogP contribution is -2.44. The van der Waals surface area contributed by atoms with E-state index in [-0.39, 0.29) is 6.42 Å². The highest BCUT2D eigenvalue weighted by molar-refractivity contribution is 6.02. The summed E-state index contributed by atoms with van der Waals surface area (Å²) in [4.78, 5) is 42.6. The highest BCUT2D eigenvalue weighted by Gasteiger charge is 2.11. The van der Waals surface area contributed by atoms with Gasteiger partial charge in [0.1, 0.15) is 0 Å². The summed E-state index contributed by atoms with van der Waals surface area (Å²) >= 11 is 0. The normalized spacial score (nSPS) is 11.8. The van der Waals surface area contributed by atoms with Gasteiger partial charge in [0, 0.05) is 24.6 Å². The Kier molecular flexibility index (Phi) is 6.01. The Labute approximate surface area is 96.8 Å². The van der Waals surface area contributed by atoms with Gasteiger partial charge in [-0.05, 0) is 6.92 Å². The van der Waals surface area contributed by atoms with Crippen LogP contribution in [-0.2, 0) is 14.4 Å². The minimum absolute atomic E-state index is 0.0629. The molecule has 94 valence electrons. The van der Waals surface area contributed by atoms with Crippen LogP contribution in [0.3, 0.4) is 0 Å². The van der Waals surface area contributed by atoms with Gasteiger partial charge < -0.3 is 16.2 Å². The average molecular weight is 243 g/mol. The topological polar surface area (TPSA) is 139 Å². The summed E-state index contributed by atoms with van der Waals surface area (Å²) in [5.41, 5.74) is 4.90. The molecule has 1 atom stereocenters. The number of hydrogen-bond donors (Lipinski definition) is 4. The number of rotatable bonds is 5. The zero-order valence-corrected chi connectivity index (χ0v) is 9.10. The molecule has 0 spiro atoms. The predicted octanol–water partition coefficient (Wildman–Crippen LogP) is -1.28. The number of carboxylic acid groups (broad SMARTS) is 1. The molecular formula is C9H13N3O5. The van der Waals surface area contributed by atoms with Crippen LogP contribution < -0.4 is 16.4 Å². The number of primary amides is 1. The number of carboxylic acids is 1. The third-order valence-electron chi connectivity index (χ3n) is 1.50. The summed E-state index contributed by atoms with van der Waals surface area (Å²) in [7, 11) is 0. The van der Waals surface area contributed by atoms with Crippen molar-refractivity contribution in [2.45, 2.75) is 19.4 Å². The summed E-state index contributed by atoms with van der Waals surface area (Å²) in [6.07, 6.45) is 1.22. The second kappa shape index (κ2) is 6.99. The summed E-state index contributed by atoms with van der Waals surface area (Å²) in [5.74, 6) is -2.77. The SMILES string of the molecule is CC(CC(N)=O)NC(=O)NC(=O)/C=C/C(=O)O. The first-order chi connectivity index (χ1) is 7.81. The van der Waals surface area contributed by atoms with Gasteiger partial charge in [0.15, 0.2) is 0 Å². The van der Waals surface area contributed by atoms with Crippen LogP contribution in [0.25, 0.3) is 0 Å². The van der Waals surface area contributed by atoms with Crippen LogP contribution in [0.5, 0.6) is 0 Å². The van der Waals surface area contributed by atoms with Crippen molar-refractivity contribution in [3.63, 3.8) is 0 Å². The van der Waals surface area contributed by atoms with Crippen molar-refractivity contribution < 1.29 is 24.3 Å². The Morgan fingerprint density at radius 3 is 2.35 bits per heavy atom. The first-order valence-corrected chi connectivity index (χ1v) is 4.62. The molecule has 0 radical (unpaired) electrons. The average Bonchev–Trinajstić information content (AvgIpc) is 2.12. The standard InChI is InChI=1S/C9H13N3O5/c1-5(4-6(10)13)11-9(17)12-7(14)2-3-8(15)16/h2-3,5H,4H2,1H3,(H2,10,13)(H,15,16)(H2,11,12,14,17)/b3-2+. The maximum absolute atomic E-state index is 11.1. The molecule has 0 heterocycles. The van der Waals surface area contributed by atoms with E-state index in [0.29, 0.717) is 12.2 Å². The van der Waals surface area contributed by atoms with E-state index >= 15 is 0 Å². The van der Waals surface area contributed by atoms with E-state index in [1.807, 2.05) is 5.32 Å². The highest BCUT2D eigenvalue weighted by Crippen LogP contribution is 1.88. The van der Waals surface area contributed by atoms with Crippen molar-refractivity contribution in [3.8, 4) is 0 Å². The van der Waals surface area contributed by atoms with Crippen molar-refractivity contribution in [2.24, 2.45) is 5.73 Å². The quantitative estimate of drug-likeness (QED) is 0.445. The van der Waals surface area contributed by atoms with Crippen molar-refractivity contribution in [3.05, 3.63) is 12.2 Å². The molecule has 0 bridgehead atoms. The van der Waals surface area contributed by atoms with Crippen LogP contribution in [0.1, 0.15) is 13.3 Å². The van der Waals surface area contributed by atoms with Gasteiger partial charge in [-0.1, -0.05) is 0 Å². The lowest BCUT2D eigenvalue weighted by molar-refractivity contribution is -0.131. The van der Waals surface area contributed by atoms with Crippen LogP contribution in [-0.4, -0.2) is 35.0 Å². The third kappa shape index (κ3) is 8.60. The molecule has 1 unspecified atom stereocenters. The number of nitrogens with one attached hydrogen (secondary N) is 2. The first kappa shape index (κ1) is 14.6. The molecule has 0 saturated carbocycles. The van der Waals surface area contributed by atoms with Crippen LogP contribution in [0.2, 0.25) is 0 Å². The number of imide groups is 1. The summed E-state index contributed by atoms with van der Waals surface area (Å²) in [5, 5.41) is 12.3. The smallest absolute Gasteiger partial charge is 0.328 e. The van der Waals surface area contributed by atoms with Gasteiger partial charge in [0.25, 0.3) is 5.91 Å². The summed E-state index contributed by atoms with van der Waals surface area (Å²) < 4.78 is 0. The number of amides is 4. The van der Waals surface area contributed by atoms with Crippen molar-refractivity contribution in [1.82, 2.24) is 10.6 Å². The second-order valence-electron chi connectivity index (χ2n) is 3.21. The number of nitrogens with two attached hydrogens (primary N) is 1. The fraction of sp³-hybridized carbons (Fsp3) is 0.333. The van der Waals surface area contributed by atoms with Crippen molar-refractivity contribution >= 4 is 23.8 Å². The predicted molar refractivity (Wildman–Crippen MR) is 56.7 cm³/mol. The van der Waals surface area contributed by atoms with Crippen LogP contribution >= 0.6 is 0 Å². The Bertz CT molecular complexity index is 364. The second-order valence-corrected chi connectivity index (χ2v) is 3.21. The van der Waals surface area contributed by atoms with Gasteiger partial charge in [-0.2, -0.15) is 0 Å². The molecule has 8 nitrogen and oxygen atoms in total. The number of carbonyl (C=O) groups is 4. The fourth-order valence-electron chi connectivity index (χ4n) is 0.913. The molecule has 0 fully saturated rings. The lowest BCUT2D eigenvalue weighted by Gasteiger charge is -2.11. The van der Waals surface area contributed by atoms with E-state index in [4.69, 9.17) is 10.8 Å². The zero-order valence-electron chi connectivity index (χ0n) is 9.10.